The van der Waals surface area contributed by atoms with Gasteiger partial charge in [-0.1, -0.05) is 0 Å². The molecule has 0 aliphatic heterocycles. The van der Waals surface area contributed by atoms with Gasteiger partial charge < -0.3 is 5.11 Å². The van der Waals surface area contributed by atoms with E-state index in [1.807, 2.05) is 0 Å². The Balaban J connectivity index is 2.12. The van der Waals surface area contributed by atoms with E-state index in [1.165, 1.54) is 17.3 Å². The van der Waals surface area contributed by atoms with Crippen molar-refractivity contribution in [2.45, 2.75) is 18.4 Å². The number of ketones is 1. The van der Waals surface area contributed by atoms with Gasteiger partial charge in [0.1, 0.15) is 36.1 Å². The number of hydrogen-bond donors (Lipinski definition) is 1. The highest BCUT2D eigenvalue weighted by molar-refractivity contribution is 5.92. The molecule has 7 heteroatoms. The molecule has 2 aromatic rings. The van der Waals surface area contributed by atoms with Gasteiger partial charge in [-0.3, -0.25) is 4.79 Å². The summed E-state index contributed by atoms with van der Waals surface area (Å²) in [5.74, 6) is -2.58. The van der Waals surface area contributed by atoms with Crippen LogP contribution in [0.15, 0.2) is 42.7 Å². The van der Waals surface area contributed by atoms with Crippen LogP contribution < -0.4 is 0 Å². The number of halogens is 2. The zero-order chi connectivity index (χ0) is 15.0. The number of hydrogen-bond acceptors (Lipinski definition) is 4. The van der Waals surface area contributed by atoms with Gasteiger partial charge in [0.2, 0.25) is 0 Å². The Kier molecular flexibility index (Phi) is 3.25. The summed E-state index contributed by atoms with van der Waals surface area (Å²) in [5.41, 5.74) is 0.0310. The predicted molar refractivity (Wildman–Crippen MR) is 68.5 cm³/mol. The second-order valence-corrected chi connectivity index (χ2v) is 4.83. The van der Waals surface area contributed by atoms with E-state index < -0.39 is 23.6 Å². The van der Waals surface area contributed by atoms with Crippen LogP contribution in [0.2, 0.25) is 0 Å². The number of nitrogens with zero attached hydrogens (tertiary/aromatic N) is 3. The summed E-state index contributed by atoms with van der Waals surface area (Å²) in [6.45, 7) is 0. The minimum absolute atomic E-state index is 0.0310. The van der Waals surface area contributed by atoms with Crippen LogP contribution in [-0.4, -0.2) is 25.7 Å². The van der Waals surface area contributed by atoms with Crippen molar-refractivity contribution in [2.24, 2.45) is 0 Å². The number of allylic oxidation sites excluding steroid dienone is 2. The van der Waals surface area contributed by atoms with E-state index in [4.69, 9.17) is 0 Å². The fourth-order valence-electron chi connectivity index (χ4n) is 2.60. The number of aliphatic hydroxyl groups is 1. The van der Waals surface area contributed by atoms with Crippen LogP contribution in [0.1, 0.15) is 23.9 Å². The van der Waals surface area contributed by atoms with E-state index >= 15 is 0 Å². The molecule has 0 saturated carbocycles. The lowest BCUT2D eigenvalue weighted by Gasteiger charge is -2.29. The van der Waals surface area contributed by atoms with Gasteiger partial charge >= 0.3 is 0 Å². The molecule has 1 aromatic carbocycles. The first-order valence-electron chi connectivity index (χ1n) is 6.28. The molecule has 2 atom stereocenters. The third-order valence-corrected chi connectivity index (χ3v) is 3.49. The Labute approximate surface area is 118 Å². The number of rotatable bonds is 2. The molecule has 0 bridgehead atoms. The predicted octanol–water partition coefficient (Wildman–Crippen LogP) is 2.30. The molecular weight excluding hydrogens is 280 g/mol. The van der Waals surface area contributed by atoms with Crippen LogP contribution in [0.25, 0.3) is 0 Å². The normalized spacial score (nSPS) is 22.2. The Hall–Kier alpha value is -2.57. The molecule has 0 unspecified atom stereocenters. The average Bonchev–Trinajstić information content (AvgIpc) is 2.94. The van der Waals surface area contributed by atoms with Crippen molar-refractivity contribution in [3.8, 4) is 0 Å². The summed E-state index contributed by atoms with van der Waals surface area (Å²) in [6, 6.07) is 2.25. The van der Waals surface area contributed by atoms with Gasteiger partial charge in [0.05, 0.1) is 0 Å². The van der Waals surface area contributed by atoms with E-state index in [1.54, 1.807) is 0 Å². The molecular formula is C14H11F2N3O2. The largest absolute Gasteiger partial charge is 0.510 e. The van der Waals surface area contributed by atoms with Crippen LogP contribution in [0.4, 0.5) is 8.78 Å². The maximum Gasteiger partial charge on any atom is 0.159 e. The summed E-state index contributed by atoms with van der Waals surface area (Å²) in [6.07, 6.45) is 3.66. The molecule has 3 rings (SSSR count). The van der Waals surface area contributed by atoms with Crippen molar-refractivity contribution in [1.29, 1.82) is 0 Å². The minimum atomic E-state index is -0.790. The number of aromatic nitrogens is 3. The van der Waals surface area contributed by atoms with Crippen LogP contribution in [0, 0.1) is 11.6 Å². The topological polar surface area (TPSA) is 68.0 Å². The van der Waals surface area contributed by atoms with Gasteiger partial charge in [-0.2, -0.15) is 5.10 Å². The highest BCUT2D eigenvalue weighted by Crippen LogP contribution is 2.40. The van der Waals surface area contributed by atoms with Crippen LogP contribution >= 0.6 is 0 Å². The highest BCUT2D eigenvalue weighted by Gasteiger charge is 2.36. The summed E-state index contributed by atoms with van der Waals surface area (Å²) in [4.78, 5) is 15.5. The lowest BCUT2D eigenvalue weighted by molar-refractivity contribution is -0.116. The molecule has 108 valence electrons. The van der Waals surface area contributed by atoms with Crippen molar-refractivity contribution in [3.05, 3.63) is 59.9 Å². The minimum Gasteiger partial charge on any atom is -0.510 e. The molecule has 0 spiro atoms. The zero-order valence-electron chi connectivity index (χ0n) is 10.8. The van der Waals surface area contributed by atoms with E-state index in [9.17, 15) is 18.7 Å². The molecule has 21 heavy (non-hydrogen) atoms. The summed E-state index contributed by atoms with van der Waals surface area (Å²) in [7, 11) is 0. The lowest BCUT2D eigenvalue weighted by atomic mass is 9.82. The van der Waals surface area contributed by atoms with Crippen LogP contribution in [0.5, 0.6) is 0 Å². The number of carbonyl (C=O) groups excluding carboxylic acids is 1. The number of aliphatic hydroxyl groups excluding tert-OH is 1. The second-order valence-electron chi connectivity index (χ2n) is 4.83. The van der Waals surface area contributed by atoms with Gasteiger partial charge in [-0.15, -0.1) is 0 Å². The molecule has 1 aliphatic rings. The van der Waals surface area contributed by atoms with Gasteiger partial charge in [-0.05, 0) is 23.8 Å². The standard InChI is InChI=1S/C14H11F2N3O2/c15-8-1-2-12(16)10(3-8)11-4-9(20)5-13(21)14(11)19-7-17-6-18-19/h1-3,5-7,11,14,21H,4H2/t11-,14+/m0/s1. The lowest BCUT2D eigenvalue weighted by Crippen LogP contribution is -2.27. The number of benzene rings is 1. The summed E-state index contributed by atoms with van der Waals surface area (Å²) >= 11 is 0. The molecule has 0 fully saturated rings. The summed E-state index contributed by atoms with van der Waals surface area (Å²) < 4.78 is 28.7. The maximum absolute atomic E-state index is 14.0. The first-order valence-corrected chi connectivity index (χ1v) is 6.28. The van der Waals surface area contributed by atoms with Crippen LogP contribution in [0.3, 0.4) is 0 Å². The van der Waals surface area contributed by atoms with Crippen molar-refractivity contribution < 1.29 is 18.7 Å². The quantitative estimate of drug-likeness (QED) is 0.921. The van der Waals surface area contributed by atoms with Gasteiger partial charge in [0.15, 0.2) is 5.78 Å². The maximum atomic E-state index is 14.0. The molecule has 1 aliphatic carbocycles. The molecule has 1 heterocycles. The summed E-state index contributed by atoms with van der Waals surface area (Å²) in [5, 5.41) is 14.0. The second kappa shape index (κ2) is 5.08. The molecule has 1 N–H and O–H groups in total. The average molecular weight is 291 g/mol. The fraction of sp³-hybridized carbons (Fsp3) is 0.214. The van der Waals surface area contributed by atoms with Crippen LogP contribution in [-0.2, 0) is 4.79 Å². The Morgan fingerprint density at radius 2 is 2.14 bits per heavy atom. The van der Waals surface area contributed by atoms with Gasteiger partial charge in [-0.25, -0.2) is 18.4 Å². The number of carbonyl (C=O) groups is 1. The molecule has 0 amide bonds. The molecule has 0 radical (unpaired) electrons. The first kappa shape index (κ1) is 13.4. The van der Waals surface area contributed by atoms with Crippen molar-refractivity contribution in [1.82, 2.24) is 14.8 Å². The Bertz CT molecular complexity index is 713. The van der Waals surface area contributed by atoms with Crippen molar-refractivity contribution in [3.63, 3.8) is 0 Å². The van der Waals surface area contributed by atoms with E-state index in [0.717, 1.165) is 24.3 Å². The Morgan fingerprint density at radius 1 is 1.33 bits per heavy atom. The zero-order valence-corrected chi connectivity index (χ0v) is 10.8. The van der Waals surface area contributed by atoms with Gasteiger partial charge in [0, 0.05) is 18.4 Å². The first-order chi connectivity index (χ1) is 10.1. The molecule has 0 saturated heterocycles. The molecule has 5 nitrogen and oxygen atoms in total. The highest BCUT2D eigenvalue weighted by atomic mass is 19.1. The third-order valence-electron chi connectivity index (χ3n) is 3.49. The smallest absolute Gasteiger partial charge is 0.159 e. The monoisotopic (exact) mass is 291 g/mol. The SMILES string of the molecule is O=C1C=C(O)[C@H](n2cncn2)[C@H](c2cc(F)ccc2F)C1. The van der Waals surface area contributed by atoms with Crippen molar-refractivity contribution >= 4 is 5.78 Å². The third kappa shape index (κ3) is 2.42. The molecule has 1 aromatic heterocycles. The van der Waals surface area contributed by atoms with Crippen molar-refractivity contribution in [2.75, 3.05) is 0 Å². The van der Waals surface area contributed by atoms with E-state index in [0.29, 0.717) is 0 Å². The Morgan fingerprint density at radius 3 is 2.86 bits per heavy atom. The van der Waals surface area contributed by atoms with Gasteiger partial charge in [0.25, 0.3) is 0 Å². The van der Waals surface area contributed by atoms with E-state index in [2.05, 4.69) is 10.1 Å². The fourth-order valence-corrected chi connectivity index (χ4v) is 2.60. The van der Waals surface area contributed by atoms with E-state index in [-0.39, 0.29) is 23.5 Å².